The molecule has 0 aromatic rings. The molecule has 20 heavy (non-hydrogen) atoms. The molecule has 0 aromatic carbocycles. The number of amides is 2. The van der Waals surface area contributed by atoms with Gasteiger partial charge in [0.05, 0.1) is 11.5 Å². The van der Waals surface area contributed by atoms with Crippen molar-refractivity contribution in [2.75, 3.05) is 33.3 Å². The molecular weight excluding hydrogens is 260 g/mol. The second-order valence-electron chi connectivity index (χ2n) is 6.31. The summed E-state index contributed by atoms with van der Waals surface area (Å²) in [5, 5.41) is 9.23. The maximum atomic E-state index is 12.5. The number of aliphatic carboxylic acids is 1. The van der Waals surface area contributed by atoms with Crippen LogP contribution < -0.4 is 0 Å². The Morgan fingerprint density at radius 2 is 2.00 bits per heavy atom. The number of hydrogen-bond donors (Lipinski definition) is 1. The van der Waals surface area contributed by atoms with Crippen LogP contribution in [0.15, 0.2) is 0 Å². The monoisotopic (exact) mass is 284 g/mol. The number of hydrogen-bond acceptors (Lipinski definition) is 3. The summed E-state index contributed by atoms with van der Waals surface area (Å²) in [7, 11) is 1.67. The van der Waals surface area contributed by atoms with Crippen molar-refractivity contribution in [2.24, 2.45) is 11.3 Å². The van der Waals surface area contributed by atoms with Gasteiger partial charge in [0.1, 0.15) is 0 Å². The molecule has 6 heteroatoms. The Balaban J connectivity index is 1.97. The third kappa shape index (κ3) is 2.75. The summed E-state index contributed by atoms with van der Waals surface area (Å²) in [6.45, 7) is 5.97. The molecule has 0 radical (unpaired) electrons. The fraction of sp³-hybridized carbons (Fsp3) is 0.857. The topological polar surface area (TPSA) is 70.1 Å². The molecule has 114 valence electrons. The molecule has 3 atom stereocenters. The normalized spacial score (nSPS) is 34.4. The Kier molecular flexibility index (Phi) is 4.22. The number of carbonyl (C=O) groups excluding carboxylic acids is 1. The molecule has 2 rings (SSSR count). The van der Waals surface area contributed by atoms with E-state index in [1.54, 1.807) is 23.8 Å². The van der Waals surface area contributed by atoms with Crippen LogP contribution in [-0.2, 0) is 9.53 Å². The molecule has 2 amide bonds. The van der Waals surface area contributed by atoms with Crippen molar-refractivity contribution < 1.29 is 19.4 Å². The van der Waals surface area contributed by atoms with E-state index >= 15 is 0 Å². The van der Waals surface area contributed by atoms with Gasteiger partial charge < -0.3 is 19.6 Å². The van der Waals surface area contributed by atoms with Gasteiger partial charge in [0.25, 0.3) is 0 Å². The minimum Gasteiger partial charge on any atom is -0.481 e. The van der Waals surface area contributed by atoms with Crippen molar-refractivity contribution in [1.82, 2.24) is 9.80 Å². The molecule has 2 aliphatic rings. The second-order valence-corrected chi connectivity index (χ2v) is 6.31. The van der Waals surface area contributed by atoms with Crippen LogP contribution in [-0.4, -0.2) is 66.3 Å². The molecule has 0 spiro atoms. The van der Waals surface area contributed by atoms with Crippen molar-refractivity contribution in [3.63, 3.8) is 0 Å². The summed E-state index contributed by atoms with van der Waals surface area (Å²) >= 11 is 0. The minimum atomic E-state index is -0.824. The van der Waals surface area contributed by atoms with Crippen molar-refractivity contribution in [2.45, 2.75) is 32.8 Å². The number of methoxy groups -OCH3 is 1. The molecule has 2 saturated heterocycles. The van der Waals surface area contributed by atoms with Gasteiger partial charge in [0, 0.05) is 33.3 Å². The lowest BCUT2D eigenvalue weighted by atomic mass is 9.90. The number of piperidine rings is 1. The van der Waals surface area contributed by atoms with E-state index in [1.165, 1.54) is 0 Å². The Bertz CT molecular complexity index is 401. The third-order valence-electron chi connectivity index (χ3n) is 4.72. The first-order chi connectivity index (χ1) is 9.37. The molecule has 2 fully saturated rings. The van der Waals surface area contributed by atoms with Gasteiger partial charge >= 0.3 is 12.0 Å². The first-order valence-electron chi connectivity index (χ1n) is 7.17. The summed E-state index contributed by atoms with van der Waals surface area (Å²) in [6, 6.07) is -0.0519. The van der Waals surface area contributed by atoms with Gasteiger partial charge in [-0.3, -0.25) is 4.79 Å². The molecule has 1 N–H and O–H groups in total. The van der Waals surface area contributed by atoms with E-state index in [0.717, 1.165) is 13.0 Å². The number of carboxylic acid groups (broad SMARTS) is 1. The fourth-order valence-corrected chi connectivity index (χ4v) is 3.01. The van der Waals surface area contributed by atoms with Crippen LogP contribution in [0.2, 0.25) is 0 Å². The minimum absolute atomic E-state index is 0.0519. The van der Waals surface area contributed by atoms with Crippen molar-refractivity contribution in [3.8, 4) is 0 Å². The number of carboxylic acids is 1. The molecule has 3 unspecified atom stereocenters. The molecule has 6 nitrogen and oxygen atoms in total. The quantitative estimate of drug-likeness (QED) is 0.828. The van der Waals surface area contributed by atoms with Gasteiger partial charge in [-0.05, 0) is 25.7 Å². The third-order valence-corrected chi connectivity index (χ3v) is 4.72. The SMILES string of the molecule is COC1CN(C(=O)N2CCC(C)(C(=O)O)C2)CCC1C. The van der Waals surface area contributed by atoms with Gasteiger partial charge in [-0.1, -0.05) is 6.92 Å². The predicted molar refractivity (Wildman–Crippen MR) is 73.5 cm³/mol. The van der Waals surface area contributed by atoms with Crippen molar-refractivity contribution in [1.29, 1.82) is 0 Å². The van der Waals surface area contributed by atoms with E-state index in [0.29, 0.717) is 32.0 Å². The molecule has 2 aliphatic heterocycles. The van der Waals surface area contributed by atoms with Gasteiger partial charge in [0.2, 0.25) is 0 Å². The molecule has 2 heterocycles. The maximum absolute atomic E-state index is 12.5. The summed E-state index contributed by atoms with van der Waals surface area (Å²) in [5.74, 6) is -0.373. The second kappa shape index (κ2) is 5.60. The van der Waals surface area contributed by atoms with Gasteiger partial charge in [0.15, 0.2) is 0 Å². The zero-order valence-electron chi connectivity index (χ0n) is 12.5. The Morgan fingerprint density at radius 1 is 1.30 bits per heavy atom. The highest BCUT2D eigenvalue weighted by Gasteiger charge is 2.43. The number of nitrogens with zero attached hydrogens (tertiary/aromatic N) is 2. The van der Waals surface area contributed by atoms with E-state index in [4.69, 9.17) is 4.74 Å². The number of ether oxygens (including phenoxy) is 1. The summed E-state index contributed by atoms with van der Waals surface area (Å²) < 4.78 is 5.42. The van der Waals surface area contributed by atoms with Gasteiger partial charge in [-0.2, -0.15) is 0 Å². The molecule has 0 saturated carbocycles. The Morgan fingerprint density at radius 3 is 2.55 bits per heavy atom. The lowest BCUT2D eigenvalue weighted by Gasteiger charge is -2.38. The molecular formula is C14H24N2O4. The standard InChI is InChI=1S/C14H24N2O4/c1-10-4-6-15(8-11(10)20-3)13(19)16-7-5-14(2,9-16)12(17)18/h10-11H,4-9H2,1-3H3,(H,17,18). The van der Waals surface area contributed by atoms with Crippen LogP contribution in [0.25, 0.3) is 0 Å². The lowest BCUT2D eigenvalue weighted by molar-refractivity contribution is -0.147. The first kappa shape index (κ1) is 15.1. The van der Waals surface area contributed by atoms with Crippen LogP contribution in [0.3, 0.4) is 0 Å². The lowest BCUT2D eigenvalue weighted by Crippen LogP contribution is -2.51. The predicted octanol–water partition coefficient (Wildman–Crippen LogP) is 1.26. The van der Waals surface area contributed by atoms with Crippen LogP contribution in [0, 0.1) is 11.3 Å². The summed E-state index contributed by atoms with van der Waals surface area (Å²) in [4.78, 5) is 27.2. The van der Waals surface area contributed by atoms with E-state index in [2.05, 4.69) is 6.92 Å². The van der Waals surface area contributed by atoms with E-state index in [9.17, 15) is 14.7 Å². The Labute approximate surface area is 119 Å². The van der Waals surface area contributed by atoms with E-state index < -0.39 is 11.4 Å². The summed E-state index contributed by atoms with van der Waals surface area (Å²) in [5.41, 5.74) is -0.806. The zero-order chi connectivity index (χ0) is 14.9. The highest BCUT2D eigenvalue weighted by molar-refractivity contribution is 5.79. The number of likely N-dealkylation sites (tertiary alicyclic amines) is 2. The number of rotatable bonds is 2. The highest BCUT2D eigenvalue weighted by Crippen LogP contribution is 2.31. The molecule has 0 aromatic heterocycles. The van der Waals surface area contributed by atoms with E-state index in [-0.39, 0.29) is 12.1 Å². The van der Waals surface area contributed by atoms with Crippen LogP contribution in [0.4, 0.5) is 4.79 Å². The van der Waals surface area contributed by atoms with Crippen molar-refractivity contribution in [3.05, 3.63) is 0 Å². The first-order valence-corrected chi connectivity index (χ1v) is 7.17. The average molecular weight is 284 g/mol. The van der Waals surface area contributed by atoms with Gasteiger partial charge in [-0.25, -0.2) is 4.79 Å². The Hall–Kier alpha value is -1.30. The average Bonchev–Trinajstić information content (AvgIpc) is 2.82. The molecule has 0 bridgehead atoms. The maximum Gasteiger partial charge on any atom is 0.320 e. The zero-order valence-corrected chi connectivity index (χ0v) is 12.5. The van der Waals surface area contributed by atoms with Crippen LogP contribution in [0.5, 0.6) is 0 Å². The van der Waals surface area contributed by atoms with Crippen LogP contribution in [0.1, 0.15) is 26.7 Å². The highest BCUT2D eigenvalue weighted by atomic mass is 16.5. The fourth-order valence-electron chi connectivity index (χ4n) is 3.01. The number of carbonyl (C=O) groups is 2. The largest absolute Gasteiger partial charge is 0.481 e. The van der Waals surface area contributed by atoms with E-state index in [1.807, 2.05) is 0 Å². The van der Waals surface area contributed by atoms with Crippen molar-refractivity contribution >= 4 is 12.0 Å². The summed E-state index contributed by atoms with van der Waals surface area (Å²) in [6.07, 6.45) is 1.52. The number of urea groups is 1. The van der Waals surface area contributed by atoms with Gasteiger partial charge in [-0.15, -0.1) is 0 Å². The van der Waals surface area contributed by atoms with Crippen LogP contribution >= 0.6 is 0 Å². The smallest absolute Gasteiger partial charge is 0.320 e. The molecule has 0 aliphatic carbocycles.